The van der Waals surface area contributed by atoms with Crippen LogP contribution in [0, 0.1) is 0 Å². The van der Waals surface area contributed by atoms with Crippen LogP contribution in [0.5, 0.6) is 0 Å². The number of para-hydroxylation sites is 1. The van der Waals surface area contributed by atoms with Crippen molar-refractivity contribution in [1.29, 1.82) is 0 Å². The summed E-state index contributed by atoms with van der Waals surface area (Å²) >= 11 is 0. The van der Waals surface area contributed by atoms with Gasteiger partial charge < -0.3 is 81.2 Å². The maximum Gasteiger partial charge on any atom is 0.243 e. The molecule has 0 saturated carbocycles. The van der Waals surface area contributed by atoms with Gasteiger partial charge in [0, 0.05) is 74.8 Å². The Bertz CT molecular complexity index is 2720. The monoisotopic (exact) mass is 1070 g/mol. The summed E-state index contributed by atoms with van der Waals surface area (Å²) in [4.78, 5) is 143. The minimum atomic E-state index is -1.65. The fourth-order valence-corrected chi connectivity index (χ4v) is 8.49. The van der Waals surface area contributed by atoms with E-state index in [2.05, 4.69) is 67.5 Å². The van der Waals surface area contributed by atoms with E-state index in [-0.39, 0.29) is 95.8 Å². The molecule has 1 aliphatic heterocycles. The Balaban J connectivity index is 1.55. The van der Waals surface area contributed by atoms with Crippen molar-refractivity contribution in [2.75, 3.05) is 19.6 Å². The number of nitrogens with zero attached hydrogens (tertiary/aromatic N) is 3. The number of H-pyrrole nitrogens is 2. The third kappa shape index (κ3) is 19.6. The number of nitrogens with two attached hydrogens (primary N) is 5. The van der Waals surface area contributed by atoms with Crippen molar-refractivity contribution < 1.29 is 43.2 Å². The normalized spacial score (nSPS) is 20.8. The molecule has 0 aliphatic carbocycles. The largest absolute Gasteiger partial charge is 0.370 e. The van der Waals surface area contributed by atoms with Gasteiger partial charge in [0.2, 0.25) is 53.2 Å². The molecule has 0 bridgehead atoms. The third-order valence-electron chi connectivity index (χ3n) is 12.4. The molecule has 77 heavy (non-hydrogen) atoms. The lowest BCUT2D eigenvalue weighted by atomic mass is 10.0. The molecule has 1 fully saturated rings. The molecule has 4 aromatic rings. The number of carbonyl (C=O) groups is 9. The van der Waals surface area contributed by atoms with Crippen molar-refractivity contribution in [3.63, 3.8) is 0 Å². The van der Waals surface area contributed by atoms with Gasteiger partial charge in [-0.3, -0.25) is 53.1 Å². The van der Waals surface area contributed by atoms with Gasteiger partial charge in [0.05, 0.1) is 12.7 Å². The van der Waals surface area contributed by atoms with Crippen molar-refractivity contribution in [3.05, 3.63) is 90.1 Å². The lowest BCUT2D eigenvalue weighted by molar-refractivity contribution is -0.136. The summed E-state index contributed by atoms with van der Waals surface area (Å²) in [7, 11) is 0. The Morgan fingerprint density at radius 1 is 0.701 bits per heavy atom. The molecular formula is C50H70N18O9. The molecule has 9 amide bonds. The highest BCUT2D eigenvalue weighted by Gasteiger charge is 2.35. The van der Waals surface area contributed by atoms with Crippen LogP contribution in [0.25, 0.3) is 10.9 Å². The Morgan fingerprint density at radius 2 is 1.31 bits per heavy atom. The molecule has 2 aromatic carbocycles. The van der Waals surface area contributed by atoms with Gasteiger partial charge in [-0.25, -0.2) is 4.98 Å². The third-order valence-corrected chi connectivity index (χ3v) is 12.4. The predicted octanol–water partition coefficient (Wildman–Crippen LogP) is -3.38. The highest BCUT2D eigenvalue weighted by Crippen LogP contribution is 2.20. The van der Waals surface area contributed by atoms with Crippen molar-refractivity contribution in [3.8, 4) is 0 Å². The van der Waals surface area contributed by atoms with Crippen LogP contribution in [-0.4, -0.2) is 142 Å². The molecule has 1 saturated heterocycles. The Hall–Kier alpha value is -9.04. The molecule has 0 radical (unpaired) electrons. The van der Waals surface area contributed by atoms with Gasteiger partial charge in [0.25, 0.3) is 0 Å². The SMILES string of the molecule is CC(=O)NC(CCCN=C(N)N)C(=O)NC1CC(=O)NCCCCC(C(N)=O)NC(=O)C(Cc2c[nH]c3ccccc23)NC(=O)C(CCCN=C(N)N)NC(=O)C(Cc2ccccc2)NC(=O)C(Cc2cnc[nH]2)NC1=O. The number of aromatic amines is 2. The average Bonchev–Trinajstić information content (AvgIpc) is 4.07. The quantitative estimate of drug-likeness (QED) is 0.0263. The first-order valence-electron chi connectivity index (χ1n) is 25.2. The smallest absolute Gasteiger partial charge is 0.243 e. The first-order chi connectivity index (χ1) is 36.9. The maximum atomic E-state index is 14.7. The van der Waals surface area contributed by atoms with Crippen LogP contribution < -0.4 is 71.2 Å². The number of aliphatic imine (C=N–C) groups is 2. The minimum Gasteiger partial charge on any atom is -0.370 e. The number of imidazole rings is 1. The summed E-state index contributed by atoms with van der Waals surface area (Å²) in [6.07, 6.45) is 4.23. The molecular weight excluding hydrogens is 997 g/mol. The molecule has 20 N–H and O–H groups in total. The van der Waals surface area contributed by atoms with Crippen LogP contribution in [0.3, 0.4) is 0 Å². The van der Waals surface area contributed by atoms with Crippen molar-refractivity contribution in [2.45, 2.75) is 120 Å². The molecule has 414 valence electrons. The first-order valence-corrected chi connectivity index (χ1v) is 25.2. The zero-order chi connectivity index (χ0) is 55.9. The highest BCUT2D eigenvalue weighted by molar-refractivity contribution is 5.99. The van der Waals surface area contributed by atoms with Crippen molar-refractivity contribution in [1.82, 2.24) is 57.5 Å². The fourth-order valence-electron chi connectivity index (χ4n) is 8.49. The van der Waals surface area contributed by atoms with Gasteiger partial charge in [-0.15, -0.1) is 0 Å². The Morgan fingerprint density at radius 3 is 1.97 bits per heavy atom. The summed E-state index contributed by atoms with van der Waals surface area (Å²) in [6.45, 7) is 1.37. The minimum absolute atomic E-state index is 0.0123. The zero-order valence-corrected chi connectivity index (χ0v) is 42.8. The number of guanidine groups is 2. The van der Waals surface area contributed by atoms with E-state index in [1.165, 1.54) is 19.4 Å². The van der Waals surface area contributed by atoms with E-state index >= 15 is 0 Å². The second kappa shape index (κ2) is 29.7. The van der Waals surface area contributed by atoms with Crippen molar-refractivity contribution in [2.24, 2.45) is 38.7 Å². The van der Waals surface area contributed by atoms with E-state index in [0.29, 0.717) is 16.8 Å². The van der Waals surface area contributed by atoms with Crippen LogP contribution >= 0.6 is 0 Å². The number of primary amides is 1. The van der Waals surface area contributed by atoms with E-state index in [4.69, 9.17) is 28.7 Å². The standard InChI is InChI=1S/C50H70N18O9/c1-28(69)62-35(16-9-19-58-49(52)53)43(72)68-40-24-41(70)57-18-8-7-15-34(42(51)71)63-46(75)38(22-30-25-60-33-14-6-5-13-32(30)33)66-44(73)36(17-10-20-59-50(54)55)64-45(74)37(21-29-11-3-2-4-12-29)65-47(76)39(67-48(40)77)23-31-26-56-27-61-31/h2-6,11-14,25-27,34-40,60H,7-10,15-24H2,1H3,(H2,51,71)(H,56,61)(H,57,70)(H,62,69)(H,63,75)(H,64,74)(H,65,76)(H,66,73)(H,67,77)(H,68,72)(H4,52,53,58)(H4,54,55,59). The second-order valence-electron chi connectivity index (χ2n) is 18.5. The number of benzene rings is 2. The van der Waals surface area contributed by atoms with Gasteiger partial charge in [-0.1, -0.05) is 48.5 Å². The lowest BCUT2D eigenvalue weighted by Crippen LogP contribution is -2.61. The van der Waals surface area contributed by atoms with E-state index < -0.39 is 102 Å². The van der Waals surface area contributed by atoms with Crippen LogP contribution in [0.4, 0.5) is 0 Å². The molecule has 7 unspecified atom stereocenters. The van der Waals surface area contributed by atoms with Gasteiger partial charge in [0.15, 0.2) is 11.9 Å². The molecule has 7 atom stereocenters. The number of carbonyl (C=O) groups excluding carboxylic acids is 9. The molecule has 5 rings (SSSR count). The van der Waals surface area contributed by atoms with Crippen LogP contribution in [0.1, 0.15) is 75.1 Å². The van der Waals surface area contributed by atoms with Gasteiger partial charge in [0.1, 0.15) is 42.3 Å². The van der Waals surface area contributed by atoms with Crippen molar-refractivity contribution >= 4 is 76.0 Å². The van der Waals surface area contributed by atoms with E-state index in [1.807, 2.05) is 24.3 Å². The summed E-state index contributed by atoms with van der Waals surface area (Å²) in [5.41, 5.74) is 30.2. The van der Waals surface area contributed by atoms with Gasteiger partial charge in [-0.2, -0.15) is 0 Å². The van der Waals surface area contributed by atoms with Crippen LogP contribution in [0.2, 0.25) is 0 Å². The number of nitrogens with one attached hydrogen (secondary N) is 10. The highest BCUT2D eigenvalue weighted by atomic mass is 16.2. The number of rotatable bonds is 18. The maximum absolute atomic E-state index is 14.7. The summed E-state index contributed by atoms with van der Waals surface area (Å²) < 4.78 is 0. The average molecular weight is 1070 g/mol. The first kappa shape index (κ1) is 58.8. The van der Waals surface area contributed by atoms with E-state index in [1.54, 1.807) is 36.5 Å². The summed E-state index contributed by atoms with van der Waals surface area (Å²) in [6, 6.07) is 6.23. The fraction of sp³-hybridized carbons (Fsp3) is 0.440. The summed E-state index contributed by atoms with van der Waals surface area (Å²) in [5.74, 6) is -7.66. The summed E-state index contributed by atoms with van der Waals surface area (Å²) in [5, 5.41) is 22.2. The number of hydrogen-bond donors (Lipinski definition) is 15. The van der Waals surface area contributed by atoms with Crippen LogP contribution in [0.15, 0.2) is 83.3 Å². The van der Waals surface area contributed by atoms with Gasteiger partial charge >= 0.3 is 0 Å². The van der Waals surface area contributed by atoms with E-state index in [0.717, 1.165) is 10.9 Å². The predicted molar refractivity (Wildman–Crippen MR) is 284 cm³/mol. The number of hydrogen-bond acceptors (Lipinski definition) is 12. The number of aromatic nitrogens is 3. The molecule has 1 aliphatic rings. The molecule has 27 heteroatoms. The second-order valence-corrected chi connectivity index (χ2v) is 18.5. The lowest BCUT2D eigenvalue weighted by Gasteiger charge is -2.28. The molecule has 27 nitrogen and oxygen atoms in total. The number of amides is 9. The van der Waals surface area contributed by atoms with E-state index in [9.17, 15) is 43.2 Å². The molecule has 2 aromatic heterocycles. The van der Waals surface area contributed by atoms with Crippen LogP contribution in [-0.2, 0) is 62.4 Å². The Kier molecular flexibility index (Phi) is 22.7. The molecule has 0 spiro atoms. The Labute approximate surface area is 443 Å². The topological polar surface area (TPSA) is 449 Å². The zero-order valence-electron chi connectivity index (χ0n) is 42.8. The molecule has 3 heterocycles. The number of fused-ring (bicyclic) bond motifs is 1. The van der Waals surface area contributed by atoms with Gasteiger partial charge in [-0.05, 0) is 62.1 Å².